The van der Waals surface area contributed by atoms with Crippen LogP contribution >= 0.6 is 11.8 Å². The predicted octanol–water partition coefficient (Wildman–Crippen LogP) is 3.95. The van der Waals surface area contributed by atoms with Gasteiger partial charge in [0.1, 0.15) is 10.6 Å². The highest BCUT2D eigenvalue weighted by Gasteiger charge is 2.22. The van der Waals surface area contributed by atoms with Gasteiger partial charge >= 0.3 is 5.97 Å². The molecule has 0 unspecified atom stereocenters. The highest BCUT2D eigenvalue weighted by atomic mass is 32.2. The summed E-state index contributed by atoms with van der Waals surface area (Å²) in [6.07, 6.45) is 3.26. The van der Waals surface area contributed by atoms with Crippen molar-refractivity contribution in [3.8, 4) is 17.3 Å². The standard InChI is InChI=1S/C20H17FN2O5S/c1-11-17(19(29-3)23-18(22-11)16-5-4-8-27-16)20(25)28-10-14(24)12-6-7-15(26-2)13(21)9-12/h4-9H,10H2,1-3H3. The molecule has 2 heterocycles. The molecule has 0 radical (unpaired) electrons. The fourth-order valence-corrected chi connectivity index (χ4v) is 3.18. The zero-order chi connectivity index (χ0) is 21.0. The molecular formula is C20H17FN2O5S. The van der Waals surface area contributed by atoms with E-state index in [-0.39, 0.29) is 16.9 Å². The molecule has 0 aliphatic carbocycles. The van der Waals surface area contributed by atoms with Gasteiger partial charge in [-0.15, -0.1) is 11.8 Å². The van der Waals surface area contributed by atoms with E-state index in [1.165, 1.54) is 37.3 Å². The molecule has 7 nitrogen and oxygen atoms in total. The van der Waals surface area contributed by atoms with Crippen LogP contribution in [-0.4, -0.2) is 41.7 Å². The van der Waals surface area contributed by atoms with Crippen molar-refractivity contribution in [2.75, 3.05) is 20.0 Å². The van der Waals surface area contributed by atoms with Crippen molar-refractivity contribution in [2.45, 2.75) is 11.9 Å². The highest BCUT2D eigenvalue weighted by molar-refractivity contribution is 7.98. The quantitative estimate of drug-likeness (QED) is 0.247. The van der Waals surface area contributed by atoms with E-state index < -0.39 is 24.2 Å². The molecule has 2 aromatic heterocycles. The number of halogens is 1. The molecule has 3 aromatic rings. The Morgan fingerprint density at radius 2 is 2.03 bits per heavy atom. The van der Waals surface area contributed by atoms with Gasteiger partial charge in [0.25, 0.3) is 0 Å². The number of Topliss-reactive ketones (excluding diaryl/α,β-unsaturated/α-hetero) is 1. The lowest BCUT2D eigenvalue weighted by atomic mass is 10.1. The third-order valence-electron chi connectivity index (χ3n) is 4.00. The summed E-state index contributed by atoms with van der Waals surface area (Å²) >= 11 is 1.24. The van der Waals surface area contributed by atoms with E-state index in [4.69, 9.17) is 13.9 Å². The van der Waals surface area contributed by atoms with Crippen molar-refractivity contribution in [1.82, 2.24) is 9.97 Å². The zero-order valence-corrected chi connectivity index (χ0v) is 16.7. The lowest BCUT2D eigenvalue weighted by Crippen LogP contribution is -2.17. The largest absolute Gasteiger partial charge is 0.494 e. The minimum atomic E-state index is -0.736. The van der Waals surface area contributed by atoms with Gasteiger partial charge in [0.2, 0.25) is 0 Å². The summed E-state index contributed by atoms with van der Waals surface area (Å²) in [6, 6.07) is 7.19. The van der Waals surface area contributed by atoms with Crippen LogP contribution in [-0.2, 0) is 4.74 Å². The molecule has 1 aromatic carbocycles. The van der Waals surface area contributed by atoms with Crippen molar-refractivity contribution in [1.29, 1.82) is 0 Å². The number of furan rings is 1. The van der Waals surface area contributed by atoms with E-state index in [1.807, 2.05) is 0 Å². The maximum atomic E-state index is 13.8. The number of thioether (sulfide) groups is 1. The second-order valence-corrected chi connectivity index (χ2v) is 6.64. The smallest absolute Gasteiger partial charge is 0.343 e. The molecule has 150 valence electrons. The number of ether oxygens (including phenoxy) is 2. The number of rotatable bonds is 7. The van der Waals surface area contributed by atoms with Crippen molar-refractivity contribution in [3.05, 3.63) is 59.2 Å². The lowest BCUT2D eigenvalue weighted by Gasteiger charge is -2.11. The normalized spacial score (nSPS) is 10.6. The maximum absolute atomic E-state index is 13.8. The first-order valence-electron chi connectivity index (χ1n) is 8.45. The number of esters is 1. The summed E-state index contributed by atoms with van der Waals surface area (Å²) in [5.74, 6) is -1.12. The topological polar surface area (TPSA) is 91.5 Å². The number of ketones is 1. The summed E-state index contributed by atoms with van der Waals surface area (Å²) in [4.78, 5) is 33.4. The van der Waals surface area contributed by atoms with Gasteiger partial charge in [-0.25, -0.2) is 19.2 Å². The molecule has 0 bridgehead atoms. The van der Waals surface area contributed by atoms with Crippen LogP contribution in [0.25, 0.3) is 11.6 Å². The van der Waals surface area contributed by atoms with Crippen LogP contribution in [0.3, 0.4) is 0 Å². The van der Waals surface area contributed by atoms with Crippen molar-refractivity contribution in [3.63, 3.8) is 0 Å². The molecule has 0 amide bonds. The first-order chi connectivity index (χ1) is 13.9. The van der Waals surface area contributed by atoms with Crippen LogP contribution in [0.2, 0.25) is 0 Å². The molecule has 29 heavy (non-hydrogen) atoms. The monoisotopic (exact) mass is 416 g/mol. The van der Waals surface area contributed by atoms with Crippen LogP contribution in [0, 0.1) is 12.7 Å². The van der Waals surface area contributed by atoms with Gasteiger partial charge in [0, 0.05) is 5.56 Å². The van der Waals surface area contributed by atoms with Gasteiger partial charge in [-0.05, 0) is 43.5 Å². The van der Waals surface area contributed by atoms with Crippen LogP contribution in [0.1, 0.15) is 26.4 Å². The Morgan fingerprint density at radius 1 is 1.24 bits per heavy atom. The Labute approximate surface area is 170 Å². The number of benzene rings is 1. The van der Waals surface area contributed by atoms with Crippen LogP contribution < -0.4 is 4.74 Å². The lowest BCUT2D eigenvalue weighted by molar-refractivity contribution is 0.0469. The van der Waals surface area contributed by atoms with Gasteiger partial charge < -0.3 is 13.9 Å². The Balaban J connectivity index is 1.76. The van der Waals surface area contributed by atoms with E-state index >= 15 is 0 Å². The molecular weight excluding hydrogens is 399 g/mol. The van der Waals surface area contributed by atoms with Gasteiger partial charge in [-0.2, -0.15) is 0 Å². The van der Waals surface area contributed by atoms with E-state index in [1.54, 1.807) is 25.3 Å². The summed E-state index contributed by atoms with van der Waals surface area (Å²) in [5, 5.41) is 0.400. The van der Waals surface area contributed by atoms with Crippen LogP contribution in [0.4, 0.5) is 4.39 Å². The van der Waals surface area contributed by atoms with Crippen molar-refractivity contribution < 1.29 is 27.9 Å². The van der Waals surface area contributed by atoms with Gasteiger partial charge in [-0.1, -0.05) is 0 Å². The summed E-state index contributed by atoms with van der Waals surface area (Å²) < 4.78 is 29.0. The molecule has 0 saturated carbocycles. The third-order valence-corrected chi connectivity index (χ3v) is 4.69. The van der Waals surface area contributed by atoms with E-state index in [2.05, 4.69) is 9.97 Å². The van der Waals surface area contributed by atoms with E-state index in [9.17, 15) is 14.0 Å². The molecule has 0 spiro atoms. The molecule has 9 heteroatoms. The molecule has 0 N–H and O–H groups in total. The maximum Gasteiger partial charge on any atom is 0.343 e. The zero-order valence-electron chi connectivity index (χ0n) is 15.9. The van der Waals surface area contributed by atoms with Gasteiger partial charge in [0.05, 0.1) is 19.1 Å². The number of carbonyl (C=O) groups excluding carboxylic acids is 2. The summed E-state index contributed by atoms with van der Waals surface area (Å²) in [7, 11) is 1.33. The minimum Gasteiger partial charge on any atom is -0.494 e. The molecule has 0 aliphatic heterocycles. The Hall–Kier alpha value is -3.20. The third kappa shape index (κ3) is 4.45. The Morgan fingerprint density at radius 3 is 2.66 bits per heavy atom. The number of hydrogen-bond donors (Lipinski definition) is 0. The van der Waals surface area contributed by atoms with Crippen molar-refractivity contribution >= 4 is 23.5 Å². The fourth-order valence-electron chi connectivity index (χ4n) is 2.57. The summed E-state index contributed by atoms with van der Waals surface area (Å²) in [5.41, 5.74) is 0.632. The molecule has 3 rings (SSSR count). The predicted molar refractivity (Wildman–Crippen MR) is 104 cm³/mol. The molecule has 0 aliphatic rings. The van der Waals surface area contributed by atoms with Gasteiger partial charge in [0.15, 0.2) is 35.5 Å². The number of hydrogen-bond acceptors (Lipinski definition) is 8. The second kappa shape index (κ2) is 8.87. The second-order valence-electron chi connectivity index (χ2n) is 5.84. The van der Waals surface area contributed by atoms with Crippen molar-refractivity contribution in [2.24, 2.45) is 0 Å². The number of carbonyl (C=O) groups is 2. The van der Waals surface area contributed by atoms with E-state index in [0.29, 0.717) is 22.3 Å². The number of methoxy groups -OCH3 is 1. The Kier molecular flexibility index (Phi) is 6.28. The average molecular weight is 416 g/mol. The minimum absolute atomic E-state index is 0.0209. The Bertz CT molecular complexity index is 1050. The van der Waals surface area contributed by atoms with Crippen LogP contribution in [0.5, 0.6) is 5.75 Å². The van der Waals surface area contributed by atoms with Crippen LogP contribution in [0.15, 0.2) is 46.0 Å². The fraction of sp³-hybridized carbons (Fsp3) is 0.200. The SMILES string of the molecule is COc1ccc(C(=O)COC(=O)c2c(C)nc(-c3ccco3)nc2SC)cc1F. The number of aromatic nitrogens is 2. The number of aryl methyl sites for hydroxylation is 1. The molecule has 0 atom stereocenters. The highest BCUT2D eigenvalue weighted by Crippen LogP contribution is 2.26. The molecule has 0 saturated heterocycles. The van der Waals surface area contributed by atoms with Gasteiger partial charge in [-0.3, -0.25) is 4.79 Å². The average Bonchev–Trinajstić information content (AvgIpc) is 3.26. The summed E-state index contributed by atoms with van der Waals surface area (Å²) in [6.45, 7) is 1.10. The number of nitrogens with zero attached hydrogens (tertiary/aromatic N) is 2. The van der Waals surface area contributed by atoms with E-state index in [0.717, 1.165) is 6.07 Å². The molecule has 0 fully saturated rings. The first-order valence-corrected chi connectivity index (χ1v) is 9.67. The first kappa shape index (κ1) is 20.5.